The van der Waals surface area contributed by atoms with Crippen molar-refractivity contribution in [2.24, 2.45) is 0 Å². The van der Waals surface area contributed by atoms with Gasteiger partial charge in [0, 0.05) is 6.92 Å². The third-order valence-electron chi connectivity index (χ3n) is 2.67. The van der Waals surface area contributed by atoms with Gasteiger partial charge in [-0.2, -0.15) is 30.3 Å². The maximum absolute atomic E-state index is 10.9. The van der Waals surface area contributed by atoms with Crippen molar-refractivity contribution in [2.75, 3.05) is 0 Å². The molecule has 108 valence electrons. The molecule has 2 nitrogen and oxygen atoms in total. The van der Waals surface area contributed by atoms with Gasteiger partial charge in [-0.1, -0.05) is 29.3 Å². The van der Waals surface area contributed by atoms with Crippen molar-refractivity contribution < 1.29 is 26.6 Å². The van der Waals surface area contributed by atoms with Gasteiger partial charge in [0.15, 0.2) is 0 Å². The number of hydrogen-bond donors (Lipinski definition) is 0. The van der Waals surface area contributed by atoms with Gasteiger partial charge in [0.25, 0.3) is 0 Å². The van der Waals surface area contributed by atoms with E-state index in [2.05, 4.69) is 0 Å². The molecule has 0 saturated heterocycles. The van der Waals surface area contributed by atoms with Crippen LogP contribution < -0.4 is 4.74 Å². The van der Waals surface area contributed by atoms with Gasteiger partial charge in [-0.15, -0.1) is 18.2 Å². The largest absolute Gasteiger partial charge is 2.00 e. The third-order valence-corrected chi connectivity index (χ3v) is 2.67. The summed E-state index contributed by atoms with van der Waals surface area (Å²) in [5.41, 5.74) is 2.00. The van der Waals surface area contributed by atoms with E-state index in [0.29, 0.717) is 5.75 Å². The molecule has 0 fully saturated rings. The first-order valence-corrected chi connectivity index (χ1v) is 6.43. The van der Waals surface area contributed by atoms with E-state index in [1.54, 1.807) is 6.07 Å². The van der Waals surface area contributed by atoms with Gasteiger partial charge in [0.1, 0.15) is 0 Å². The maximum atomic E-state index is 10.9. The van der Waals surface area contributed by atoms with Crippen molar-refractivity contribution in [3.8, 4) is 16.9 Å². The molecule has 0 spiro atoms. The number of para-hydroxylation sites is 1. The average molecular weight is 320 g/mol. The molecule has 0 saturated carbocycles. The molecule has 0 N–H and O–H groups in total. The van der Waals surface area contributed by atoms with Crippen LogP contribution in [0.1, 0.15) is 6.92 Å². The van der Waals surface area contributed by atoms with Crippen LogP contribution in [0.25, 0.3) is 11.1 Å². The molecule has 3 aromatic rings. The number of carbonyl (C=O) groups excluding carboxylic acids is 1. The van der Waals surface area contributed by atoms with E-state index >= 15 is 0 Å². The van der Waals surface area contributed by atoms with E-state index in [1.165, 1.54) is 6.92 Å². The molecule has 3 rings (SSSR count). The average Bonchev–Trinajstić information content (AvgIpc) is 3.15. The summed E-state index contributed by atoms with van der Waals surface area (Å²) in [5.74, 6) is 0.310. The second-order valence-electron chi connectivity index (χ2n) is 4.23. The molecule has 0 aromatic heterocycles. The predicted molar refractivity (Wildman–Crippen MR) is 80.8 cm³/mol. The van der Waals surface area contributed by atoms with Crippen LogP contribution in [0.5, 0.6) is 5.75 Å². The minimum atomic E-state index is -0.297. The first-order valence-electron chi connectivity index (χ1n) is 6.43. The molecular weight excluding hydrogens is 304 g/mol. The molecule has 0 aliphatic rings. The van der Waals surface area contributed by atoms with Crippen LogP contribution in [0, 0.1) is 0 Å². The molecule has 0 atom stereocenters. The molecule has 3 heteroatoms. The zero-order valence-electron chi connectivity index (χ0n) is 11.7. The van der Waals surface area contributed by atoms with E-state index in [1.807, 2.05) is 72.8 Å². The molecule has 0 aliphatic heterocycles. The van der Waals surface area contributed by atoms with Crippen LogP contribution in [0.4, 0.5) is 0 Å². The van der Waals surface area contributed by atoms with Gasteiger partial charge < -0.3 is 4.74 Å². The maximum Gasteiger partial charge on any atom is 2.00 e. The minimum absolute atomic E-state index is 0. The quantitative estimate of drug-likeness (QED) is 0.303. The molecule has 0 bridgehead atoms. The number of ether oxygens (including phenoxy) is 1. The summed E-state index contributed by atoms with van der Waals surface area (Å²) >= 11 is 0. The summed E-state index contributed by atoms with van der Waals surface area (Å²) in [4.78, 5) is 10.9. The van der Waals surface area contributed by atoms with Gasteiger partial charge in [-0.05, 0) is 0 Å². The van der Waals surface area contributed by atoms with Gasteiger partial charge in [0.2, 0.25) is 0 Å². The van der Waals surface area contributed by atoms with Crippen LogP contribution >= 0.6 is 0 Å². The smallest absolute Gasteiger partial charge is 0.465 e. The summed E-state index contributed by atoms with van der Waals surface area (Å²) in [5, 5.41) is 0. The molecule has 0 unspecified atom stereocenters. The summed E-state index contributed by atoms with van der Waals surface area (Å²) in [6.07, 6.45) is 0. The third kappa shape index (κ3) is 5.42. The Hall–Kier alpha value is -2.09. The molecule has 0 radical (unpaired) electrons. The first-order chi connectivity index (χ1) is 9.77. The summed E-state index contributed by atoms with van der Waals surface area (Å²) < 4.78 is 5.13. The van der Waals surface area contributed by atoms with Crippen LogP contribution in [0.2, 0.25) is 0 Å². The normalized spacial score (nSPS) is 9.00. The molecule has 0 aliphatic carbocycles. The van der Waals surface area contributed by atoms with E-state index in [4.69, 9.17) is 4.74 Å². The summed E-state index contributed by atoms with van der Waals surface area (Å²) in [6, 6.07) is 25.4. The topological polar surface area (TPSA) is 26.3 Å². The van der Waals surface area contributed by atoms with E-state index < -0.39 is 0 Å². The Bertz CT molecular complexity index is 608. The van der Waals surface area contributed by atoms with E-state index in [9.17, 15) is 4.79 Å². The minimum Gasteiger partial charge on any atom is -0.465 e. The van der Waals surface area contributed by atoms with Gasteiger partial charge in [-0.25, -0.2) is 12.1 Å². The Balaban J connectivity index is 0.000000313. The Labute approximate surface area is 135 Å². The van der Waals surface area contributed by atoms with Gasteiger partial charge in [-0.3, -0.25) is 4.79 Å². The first kappa shape index (κ1) is 17.0. The molecule has 0 amide bonds. The Kier molecular flexibility index (Phi) is 7.24. The molecule has 0 heterocycles. The summed E-state index contributed by atoms with van der Waals surface area (Å²) in [6.45, 7) is 1.40. The van der Waals surface area contributed by atoms with Crippen molar-refractivity contribution in [3.63, 3.8) is 0 Å². The number of hydrogen-bond acceptors (Lipinski definition) is 2. The molecule has 3 aromatic carbocycles. The van der Waals surface area contributed by atoms with Crippen LogP contribution in [0.3, 0.4) is 0 Å². The number of rotatable bonds is 2. The Morgan fingerprint density at radius 3 is 2.14 bits per heavy atom. The predicted octanol–water partition coefficient (Wildman–Crippen LogP) is 4.40. The standard InChI is InChI=1S/C13H11O2.C5H5.Fe/c1-10(14)15-13-9-5-4-8-12(13)11-6-2-3-7-11;1-2-4-5-3-1;/h2-9H,1H3;1-5H;/q2*-1;+2. The number of carbonyl (C=O) groups is 1. The van der Waals surface area contributed by atoms with Crippen molar-refractivity contribution in [1.82, 2.24) is 0 Å². The Morgan fingerprint density at radius 2 is 1.62 bits per heavy atom. The zero-order valence-corrected chi connectivity index (χ0v) is 12.8. The SMILES string of the molecule is CC(=O)Oc1ccccc1-[c-]1cccc1.[Fe+2].c1cc[cH-]c1. The molecule has 21 heavy (non-hydrogen) atoms. The van der Waals surface area contributed by atoms with E-state index in [-0.39, 0.29) is 23.0 Å². The number of benzene rings is 1. The fraction of sp³-hybridized carbons (Fsp3) is 0.0556. The van der Waals surface area contributed by atoms with Crippen molar-refractivity contribution in [3.05, 3.63) is 78.9 Å². The van der Waals surface area contributed by atoms with Gasteiger partial charge >= 0.3 is 23.0 Å². The van der Waals surface area contributed by atoms with Gasteiger partial charge in [0.05, 0.1) is 5.75 Å². The fourth-order valence-electron chi connectivity index (χ4n) is 1.82. The van der Waals surface area contributed by atoms with E-state index in [0.717, 1.165) is 11.1 Å². The second-order valence-corrected chi connectivity index (χ2v) is 4.23. The monoisotopic (exact) mass is 320 g/mol. The fourth-order valence-corrected chi connectivity index (χ4v) is 1.82. The van der Waals surface area contributed by atoms with Crippen LogP contribution in [-0.2, 0) is 21.9 Å². The van der Waals surface area contributed by atoms with Crippen LogP contribution in [-0.4, -0.2) is 5.97 Å². The van der Waals surface area contributed by atoms with Crippen molar-refractivity contribution in [2.45, 2.75) is 6.92 Å². The molecular formula is C18H16FeO2. The summed E-state index contributed by atoms with van der Waals surface area (Å²) in [7, 11) is 0. The van der Waals surface area contributed by atoms with Crippen molar-refractivity contribution in [1.29, 1.82) is 0 Å². The zero-order chi connectivity index (χ0) is 14.2. The second kappa shape index (κ2) is 8.96. The van der Waals surface area contributed by atoms with Crippen molar-refractivity contribution >= 4 is 5.97 Å². The Morgan fingerprint density at radius 1 is 1.00 bits per heavy atom. The van der Waals surface area contributed by atoms with Crippen LogP contribution in [0.15, 0.2) is 78.9 Å². The number of esters is 1.